The molecular weight excluding hydrogens is 260 g/mol. The average Bonchev–Trinajstić information content (AvgIpc) is 2.42. The van der Waals surface area contributed by atoms with E-state index in [1.54, 1.807) is 0 Å². The minimum atomic E-state index is -0.430. The summed E-state index contributed by atoms with van der Waals surface area (Å²) in [7, 11) is 0. The van der Waals surface area contributed by atoms with Gasteiger partial charge in [0.25, 0.3) is 5.69 Å². The quantitative estimate of drug-likeness (QED) is 0.649. The summed E-state index contributed by atoms with van der Waals surface area (Å²) < 4.78 is 5.32. The van der Waals surface area contributed by atoms with Crippen LogP contribution in [0.15, 0.2) is 12.3 Å². The van der Waals surface area contributed by atoms with Crippen molar-refractivity contribution in [3.63, 3.8) is 0 Å². The zero-order valence-electron chi connectivity index (χ0n) is 11.8. The molecule has 0 aromatic carbocycles. The van der Waals surface area contributed by atoms with E-state index in [-0.39, 0.29) is 11.7 Å². The molecule has 1 N–H and O–H groups in total. The van der Waals surface area contributed by atoms with Crippen molar-refractivity contribution in [2.75, 3.05) is 38.2 Å². The van der Waals surface area contributed by atoms with Crippen LogP contribution in [-0.2, 0) is 4.74 Å². The van der Waals surface area contributed by atoms with E-state index < -0.39 is 4.92 Å². The molecule has 1 aliphatic rings. The van der Waals surface area contributed by atoms with Crippen LogP contribution in [0, 0.1) is 17.0 Å². The Morgan fingerprint density at radius 2 is 2.25 bits per heavy atom. The molecule has 1 fully saturated rings. The van der Waals surface area contributed by atoms with E-state index >= 15 is 0 Å². The summed E-state index contributed by atoms with van der Waals surface area (Å²) in [6.07, 6.45) is 1.29. The van der Waals surface area contributed by atoms with E-state index in [1.165, 1.54) is 12.3 Å². The van der Waals surface area contributed by atoms with Crippen LogP contribution in [0.2, 0.25) is 0 Å². The van der Waals surface area contributed by atoms with Crippen LogP contribution < -0.4 is 5.32 Å². The second-order valence-electron chi connectivity index (χ2n) is 5.07. The molecule has 0 saturated carbocycles. The van der Waals surface area contributed by atoms with Gasteiger partial charge in [-0.15, -0.1) is 0 Å². The maximum Gasteiger partial charge on any atom is 0.287 e. The monoisotopic (exact) mass is 280 g/mol. The second-order valence-corrected chi connectivity index (χ2v) is 5.07. The normalized spacial score (nSPS) is 17.7. The zero-order valence-corrected chi connectivity index (χ0v) is 11.8. The van der Waals surface area contributed by atoms with E-state index in [1.807, 2.05) is 6.92 Å². The fourth-order valence-corrected chi connectivity index (χ4v) is 2.26. The van der Waals surface area contributed by atoms with Crippen LogP contribution in [0.1, 0.15) is 12.5 Å². The first kappa shape index (κ1) is 14.7. The number of hydrogen-bond donors (Lipinski definition) is 1. The van der Waals surface area contributed by atoms with Gasteiger partial charge >= 0.3 is 0 Å². The molecule has 0 aliphatic carbocycles. The number of anilines is 1. The molecule has 110 valence electrons. The van der Waals surface area contributed by atoms with Gasteiger partial charge in [-0.2, -0.15) is 0 Å². The third-order valence-electron chi connectivity index (χ3n) is 3.29. The highest BCUT2D eigenvalue weighted by Gasteiger charge is 2.15. The summed E-state index contributed by atoms with van der Waals surface area (Å²) in [5, 5.41) is 14.0. The number of rotatable bonds is 5. The number of nitro groups is 1. The van der Waals surface area contributed by atoms with Crippen molar-refractivity contribution in [1.29, 1.82) is 0 Å². The van der Waals surface area contributed by atoms with Gasteiger partial charge in [0.1, 0.15) is 12.0 Å². The van der Waals surface area contributed by atoms with Gasteiger partial charge in [-0.3, -0.25) is 15.0 Å². The fraction of sp³-hybridized carbons (Fsp3) is 0.615. The van der Waals surface area contributed by atoms with E-state index in [9.17, 15) is 10.1 Å². The molecule has 0 amide bonds. The summed E-state index contributed by atoms with van der Waals surface area (Å²) >= 11 is 0. The van der Waals surface area contributed by atoms with Crippen molar-refractivity contribution in [2.24, 2.45) is 0 Å². The topological polar surface area (TPSA) is 80.5 Å². The highest BCUT2D eigenvalue weighted by molar-refractivity contribution is 5.48. The fourth-order valence-electron chi connectivity index (χ4n) is 2.26. The smallest absolute Gasteiger partial charge is 0.287 e. The third kappa shape index (κ3) is 3.88. The molecule has 1 unspecified atom stereocenters. The lowest BCUT2D eigenvalue weighted by molar-refractivity contribution is -0.385. The summed E-state index contributed by atoms with van der Waals surface area (Å²) in [5.41, 5.74) is 0.807. The van der Waals surface area contributed by atoms with Crippen molar-refractivity contribution >= 4 is 11.5 Å². The molecule has 7 nitrogen and oxygen atoms in total. The van der Waals surface area contributed by atoms with Gasteiger partial charge in [0.15, 0.2) is 0 Å². The van der Waals surface area contributed by atoms with Gasteiger partial charge in [0, 0.05) is 31.7 Å². The summed E-state index contributed by atoms with van der Waals surface area (Å²) in [5.74, 6) is 0.705. The maximum atomic E-state index is 10.7. The van der Waals surface area contributed by atoms with Gasteiger partial charge < -0.3 is 10.1 Å². The van der Waals surface area contributed by atoms with Gasteiger partial charge in [-0.05, 0) is 19.4 Å². The van der Waals surface area contributed by atoms with E-state index in [4.69, 9.17) is 4.74 Å². The number of hydrogen-bond acceptors (Lipinski definition) is 6. The lowest BCUT2D eigenvalue weighted by Gasteiger charge is -2.29. The van der Waals surface area contributed by atoms with Crippen LogP contribution in [0.4, 0.5) is 11.5 Å². The molecular formula is C13H20N4O3. The van der Waals surface area contributed by atoms with E-state index in [0.717, 1.165) is 38.4 Å². The van der Waals surface area contributed by atoms with Crippen molar-refractivity contribution in [3.05, 3.63) is 27.9 Å². The van der Waals surface area contributed by atoms with E-state index in [0.29, 0.717) is 5.82 Å². The molecule has 0 bridgehead atoms. The number of aromatic nitrogens is 1. The average molecular weight is 280 g/mol. The molecule has 2 rings (SSSR count). The van der Waals surface area contributed by atoms with Crippen molar-refractivity contribution < 1.29 is 9.66 Å². The maximum absolute atomic E-state index is 10.7. The van der Waals surface area contributed by atoms with Crippen LogP contribution in [0.5, 0.6) is 0 Å². The lowest BCUT2D eigenvalue weighted by atomic mass is 10.2. The largest absolute Gasteiger partial charge is 0.379 e. The third-order valence-corrected chi connectivity index (χ3v) is 3.29. The van der Waals surface area contributed by atoms with Crippen LogP contribution in [-0.4, -0.2) is 53.7 Å². The summed E-state index contributed by atoms with van der Waals surface area (Å²) in [6.45, 7) is 8.25. The van der Waals surface area contributed by atoms with Gasteiger partial charge in [-0.25, -0.2) is 4.98 Å². The molecule has 20 heavy (non-hydrogen) atoms. The van der Waals surface area contributed by atoms with Crippen molar-refractivity contribution in [3.8, 4) is 0 Å². The van der Waals surface area contributed by atoms with E-state index in [2.05, 4.69) is 22.1 Å². The van der Waals surface area contributed by atoms with Crippen molar-refractivity contribution in [1.82, 2.24) is 9.88 Å². The van der Waals surface area contributed by atoms with Gasteiger partial charge in [0.05, 0.1) is 18.1 Å². The molecule has 1 saturated heterocycles. The Morgan fingerprint density at radius 3 is 2.85 bits per heavy atom. The zero-order chi connectivity index (χ0) is 14.5. The molecule has 0 spiro atoms. The number of nitrogens with zero attached hydrogens (tertiary/aromatic N) is 3. The number of pyridine rings is 1. The van der Waals surface area contributed by atoms with Gasteiger partial charge in [-0.1, -0.05) is 0 Å². The molecule has 0 radical (unpaired) electrons. The molecule has 1 aromatic rings. The highest BCUT2D eigenvalue weighted by Crippen LogP contribution is 2.18. The minimum Gasteiger partial charge on any atom is -0.379 e. The van der Waals surface area contributed by atoms with Crippen LogP contribution >= 0.6 is 0 Å². The summed E-state index contributed by atoms with van der Waals surface area (Å²) in [6, 6.07) is 1.76. The van der Waals surface area contributed by atoms with Gasteiger partial charge in [0.2, 0.25) is 0 Å². The second kappa shape index (κ2) is 6.62. The Labute approximate surface area is 118 Å². The van der Waals surface area contributed by atoms with Crippen LogP contribution in [0.25, 0.3) is 0 Å². The Hall–Kier alpha value is -1.73. The first-order chi connectivity index (χ1) is 9.56. The molecule has 1 atom stereocenters. The highest BCUT2D eigenvalue weighted by atomic mass is 16.6. The molecule has 2 heterocycles. The Bertz CT molecular complexity index is 475. The predicted molar refractivity (Wildman–Crippen MR) is 76.0 cm³/mol. The summed E-state index contributed by atoms with van der Waals surface area (Å²) in [4.78, 5) is 16.7. The van der Waals surface area contributed by atoms with Crippen molar-refractivity contribution in [2.45, 2.75) is 19.9 Å². The molecule has 1 aliphatic heterocycles. The standard InChI is InChI=1S/C13H20N4O3/c1-10-7-12(17(18)19)8-14-13(10)15-11(2)9-16-3-5-20-6-4-16/h7-8,11H,3-6,9H2,1-2H3,(H,14,15). The lowest BCUT2D eigenvalue weighted by Crippen LogP contribution is -2.42. The molecule has 1 aromatic heterocycles. The Kier molecular flexibility index (Phi) is 4.86. The first-order valence-electron chi connectivity index (χ1n) is 6.74. The SMILES string of the molecule is Cc1cc([N+](=O)[O-])cnc1NC(C)CN1CCOCC1. The van der Waals surface area contributed by atoms with Crippen LogP contribution in [0.3, 0.4) is 0 Å². The number of aryl methyl sites for hydroxylation is 1. The minimum absolute atomic E-state index is 0.0221. The first-order valence-corrected chi connectivity index (χ1v) is 6.74. The predicted octanol–water partition coefficient (Wildman–Crippen LogP) is 1.43. The number of nitrogens with one attached hydrogen (secondary N) is 1. The number of morpholine rings is 1. The molecule has 7 heteroatoms. The number of ether oxygens (including phenoxy) is 1. The Morgan fingerprint density at radius 1 is 1.55 bits per heavy atom. The Balaban J connectivity index is 1.93.